The summed E-state index contributed by atoms with van der Waals surface area (Å²) in [7, 11) is 0. The van der Waals surface area contributed by atoms with Gasteiger partial charge in [0.05, 0.1) is 6.10 Å². The Balaban J connectivity index is 1.85. The maximum atomic E-state index is 11.8. The van der Waals surface area contributed by atoms with Gasteiger partial charge in [0, 0.05) is 25.3 Å². The fraction of sp³-hybridized carbons (Fsp3) is 0.400. The highest BCUT2D eigenvalue weighted by atomic mass is 16.5. The lowest BCUT2D eigenvalue weighted by atomic mass is 10.1. The number of nitrogens with one attached hydrogen (secondary N) is 1. The van der Waals surface area contributed by atoms with Crippen LogP contribution in [0.5, 0.6) is 0 Å². The van der Waals surface area contributed by atoms with Gasteiger partial charge in [-0.3, -0.25) is 4.79 Å². The number of amides is 1. The van der Waals surface area contributed by atoms with Gasteiger partial charge in [-0.1, -0.05) is 0 Å². The van der Waals surface area contributed by atoms with Gasteiger partial charge in [-0.2, -0.15) is 0 Å². The first kappa shape index (κ1) is 15.2. The average molecular weight is 290 g/mol. The lowest BCUT2D eigenvalue weighted by molar-refractivity contribution is -0.131. The first-order valence-electron chi connectivity index (χ1n) is 6.92. The molecule has 1 aliphatic rings. The Morgan fingerprint density at radius 1 is 1.52 bits per heavy atom. The SMILES string of the molecule is O=C(O)/C=C/c1ccnc(NC(=O)CCC2CCCO2)c1. The number of carboxylic acid groups (broad SMARTS) is 1. The van der Waals surface area contributed by atoms with E-state index in [1.54, 1.807) is 12.1 Å². The lowest BCUT2D eigenvalue weighted by Gasteiger charge is -2.09. The number of carbonyl (C=O) groups excluding carboxylic acids is 1. The summed E-state index contributed by atoms with van der Waals surface area (Å²) < 4.78 is 5.47. The molecule has 2 heterocycles. The van der Waals surface area contributed by atoms with Crippen LogP contribution in [0.4, 0.5) is 5.82 Å². The molecule has 0 bridgehead atoms. The van der Waals surface area contributed by atoms with Crippen molar-refractivity contribution in [2.45, 2.75) is 31.8 Å². The lowest BCUT2D eigenvalue weighted by Crippen LogP contribution is -2.15. The van der Waals surface area contributed by atoms with Crippen LogP contribution in [-0.4, -0.2) is 34.7 Å². The van der Waals surface area contributed by atoms with E-state index in [1.165, 1.54) is 12.3 Å². The number of rotatable bonds is 6. The van der Waals surface area contributed by atoms with Gasteiger partial charge in [0.15, 0.2) is 0 Å². The number of carboxylic acids is 1. The highest BCUT2D eigenvalue weighted by molar-refractivity contribution is 5.90. The van der Waals surface area contributed by atoms with E-state index in [9.17, 15) is 9.59 Å². The molecule has 1 fully saturated rings. The van der Waals surface area contributed by atoms with Crippen molar-refractivity contribution in [3.63, 3.8) is 0 Å². The van der Waals surface area contributed by atoms with Gasteiger partial charge in [0.25, 0.3) is 0 Å². The van der Waals surface area contributed by atoms with E-state index in [1.807, 2.05) is 0 Å². The van der Waals surface area contributed by atoms with Crippen molar-refractivity contribution in [1.82, 2.24) is 4.98 Å². The van der Waals surface area contributed by atoms with E-state index in [2.05, 4.69) is 10.3 Å². The third-order valence-corrected chi connectivity index (χ3v) is 3.19. The van der Waals surface area contributed by atoms with Crippen molar-refractivity contribution in [1.29, 1.82) is 0 Å². The molecule has 1 aromatic heterocycles. The molecule has 1 unspecified atom stereocenters. The van der Waals surface area contributed by atoms with Crippen LogP contribution in [0.15, 0.2) is 24.4 Å². The summed E-state index contributed by atoms with van der Waals surface area (Å²) in [5.41, 5.74) is 0.668. The zero-order chi connectivity index (χ0) is 15.1. The second-order valence-electron chi connectivity index (χ2n) is 4.87. The zero-order valence-electron chi connectivity index (χ0n) is 11.6. The van der Waals surface area contributed by atoms with Crippen molar-refractivity contribution in [2.24, 2.45) is 0 Å². The minimum atomic E-state index is -1.02. The molecule has 1 atom stereocenters. The van der Waals surface area contributed by atoms with Gasteiger partial charge in [0.1, 0.15) is 5.82 Å². The van der Waals surface area contributed by atoms with E-state index >= 15 is 0 Å². The standard InChI is InChI=1S/C15H18N2O4/c18-14(5-4-12-2-1-9-21-12)17-13-10-11(7-8-16-13)3-6-15(19)20/h3,6-8,10,12H,1-2,4-5,9H2,(H,19,20)(H,16,17,18)/b6-3+. The quantitative estimate of drug-likeness (QED) is 0.783. The highest BCUT2D eigenvalue weighted by Crippen LogP contribution is 2.17. The summed E-state index contributed by atoms with van der Waals surface area (Å²) in [6, 6.07) is 3.30. The fourth-order valence-electron chi connectivity index (χ4n) is 2.16. The van der Waals surface area contributed by atoms with E-state index in [0.717, 1.165) is 25.5 Å². The molecule has 112 valence electrons. The summed E-state index contributed by atoms with van der Waals surface area (Å²) >= 11 is 0. The van der Waals surface area contributed by atoms with Crippen LogP contribution in [0.2, 0.25) is 0 Å². The summed E-state index contributed by atoms with van der Waals surface area (Å²) in [6.07, 6.45) is 7.38. The zero-order valence-corrected chi connectivity index (χ0v) is 11.6. The van der Waals surface area contributed by atoms with Gasteiger partial charge in [-0.05, 0) is 43.0 Å². The van der Waals surface area contributed by atoms with Crippen molar-refractivity contribution >= 4 is 23.8 Å². The van der Waals surface area contributed by atoms with Gasteiger partial charge in [-0.15, -0.1) is 0 Å². The number of pyridine rings is 1. The minimum Gasteiger partial charge on any atom is -0.478 e. The second kappa shape index (κ2) is 7.54. The number of aliphatic carboxylic acids is 1. The van der Waals surface area contributed by atoms with Crippen LogP contribution in [0.3, 0.4) is 0 Å². The van der Waals surface area contributed by atoms with E-state index in [0.29, 0.717) is 24.2 Å². The Labute approximate surface area is 122 Å². The first-order valence-corrected chi connectivity index (χ1v) is 6.92. The van der Waals surface area contributed by atoms with Crippen molar-refractivity contribution in [3.8, 4) is 0 Å². The first-order chi connectivity index (χ1) is 10.1. The maximum Gasteiger partial charge on any atom is 0.328 e. The number of ether oxygens (including phenoxy) is 1. The number of nitrogens with zero attached hydrogens (tertiary/aromatic N) is 1. The summed E-state index contributed by atoms with van der Waals surface area (Å²) in [6.45, 7) is 0.784. The molecule has 0 aliphatic carbocycles. The number of carbonyl (C=O) groups is 2. The van der Waals surface area contributed by atoms with Crippen LogP contribution in [0, 0.1) is 0 Å². The van der Waals surface area contributed by atoms with Crippen LogP contribution in [0.1, 0.15) is 31.2 Å². The normalized spacial score (nSPS) is 18.0. The van der Waals surface area contributed by atoms with Gasteiger partial charge < -0.3 is 15.2 Å². The molecule has 1 aromatic rings. The molecule has 1 amide bonds. The fourth-order valence-corrected chi connectivity index (χ4v) is 2.16. The molecule has 6 nitrogen and oxygen atoms in total. The summed E-state index contributed by atoms with van der Waals surface area (Å²) in [4.78, 5) is 26.3. The van der Waals surface area contributed by atoms with Gasteiger partial charge in [-0.25, -0.2) is 9.78 Å². The number of hydrogen-bond donors (Lipinski definition) is 2. The predicted octanol–water partition coefficient (Wildman–Crippen LogP) is 2.08. The predicted molar refractivity (Wildman–Crippen MR) is 77.7 cm³/mol. The number of anilines is 1. The molecule has 0 radical (unpaired) electrons. The molecule has 2 rings (SSSR count). The Bertz CT molecular complexity index is 536. The van der Waals surface area contributed by atoms with Crippen LogP contribution < -0.4 is 5.32 Å². The Morgan fingerprint density at radius 2 is 2.38 bits per heavy atom. The second-order valence-corrected chi connectivity index (χ2v) is 4.87. The van der Waals surface area contributed by atoms with Crippen LogP contribution >= 0.6 is 0 Å². The highest BCUT2D eigenvalue weighted by Gasteiger charge is 2.16. The smallest absolute Gasteiger partial charge is 0.328 e. The van der Waals surface area contributed by atoms with E-state index < -0.39 is 5.97 Å². The third kappa shape index (κ3) is 5.35. The van der Waals surface area contributed by atoms with Crippen molar-refractivity contribution in [2.75, 3.05) is 11.9 Å². The molecule has 2 N–H and O–H groups in total. The van der Waals surface area contributed by atoms with Crippen molar-refractivity contribution < 1.29 is 19.4 Å². The van der Waals surface area contributed by atoms with Gasteiger partial charge >= 0.3 is 5.97 Å². The Hall–Kier alpha value is -2.21. The van der Waals surface area contributed by atoms with E-state index in [-0.39, 0.29) is 12.0 Å². The molecule has 21 heavy (non-hydrogen) atoms. The number of hydrogen-bond acceptors (Lipinski definition) is 4. The van der Waals surface area contributed by atoms with Crippen LogP contribution in [-0.2, 0) is 14.3 Å². The molecule has 1 aliphatic heterocycles. The topological polar surface area (TPSA) is 88.5 Å². The molecule has 1 saturated heterocycles. The summed E-state index contributed by atoms with van der Waals surface area (Å²) in [5.74, 6) is -0.716. The van der Waals surface area contributed by atoms with Gasteiger partial charge in [0.2, 0.25) is 5.91 Å². The largest absolute Gasteiger partial charge is 0.478 e. The molecule has 0 aromatic carbocycles. The van der Waals surface area contributed by atoms with Crippen molar-refractivity contribution in [3.05, 3.63) is 30.0 Å². The maximum absolute atomic E-state index is 11.8. The minimum absolute atomic E-state index is 0.114. The molecular weight excluding hydrogens is 272 g/mol. The Kier molecular flexibility index (Phi) is 5.45. The molecule has 0 spiro atoms. The number of aromatic nitrogens is 1. The summed E-state index contributed by atoms with van der Waals surface area (Å²) in [5, 5.41) is 11.3. The molecule has 6 heteroatoms. The monoisotopic (exact) mass is 290 g/mol. The molecular formula is C15H18N2O4. The van der Waals surface area contributed by atoms with Crippen LogP contribution in [0.25, 0.3) is 6.08 Å². The van der Waals surface area contributed by atoms with E-state index in [4.69, 9.17) is 9.84 Å². The third-order valence-electron chi connectivity index (χ3n) is 3.19. The molecule has 0 saturated carbocycles. The average Bonchev–Trinajstić information content (AvgIpc) is 2.97. The Morgan fingerprint density at radius 3 is 3.10 bits per heavy atom.